The van der Waals surface area contributed by atoms with Gasteiger partial charge in [-0.25, -0.2) is 4.39 Å². The Bertz CT molecular complexity index is 1380. The molecule has 1 fully saturated rings. The molecule has 9 heteroatoms. The number of fused-ring (bicyclic) bond motifs is 1. The van der Waals surface area contributed by atoms with Crippen LogP contribution in [0.2, 0.25) is 0 Å². The molecule has 0 radical (unpaired) electrons. The van der Waals surface area contributed by atoms with Crippen LogP contribution >= 0.6 is 0 Å². The van der Waals surface area contributed by atoms with Gasteiger partial charge in [-0.2, -0.15) is 15.6 Å². The van der Waals surface area contributed by atoms with Crippen LogP contribution in [0.25, 0.3) is 11.0 Å². The Morgan fingerprint density at radius 2 is 1.91 bits per heavy atom. The zero-order valence-corrected chi connectivity index (χ0v) is 20.6. The quantitative estimate of drug-likeness (QED) is 0.540. The number of rotatable bonds is 6. The van der Waals surface area contributed by atoms with Gasteiger partial charge in [-0.1, -0.05) is 19.9 Å². The largest absolute Gasteiger partial charge is 0.364 e. The molecule has 1 aliphatic rings. The molecule has 2 aromatic heterocycles. The van der Waals surface area contributed by atoms with Crippen LogP contribution in [0.1, 0.15) is 50.8 Å². The molecule has 0 aliphatic carbocycles. The molecule has 0 saturated carbocycles. The number of aromatic nitrogens is 3. The zero-order valence-electron chi connectivity index (χ0n) is 20.6. The van der Waals surface area contributed by atoms with Gasteiger partial charge in [0.2, 0.25) is 0 Å². The van der Waals surface area contributed by atoms with Crippen molar-refractivity contribution < 1.29 is 4.39 Å². The fraction of sp³-hybridized carbons (Fsp3) is 0.462. The molecular weight excluding hydrogens is 445 g/mol. The topological polar surface area (TPSA) is 93.9 Å². The van der Waals surface area contributed by atoms with Gasteiger partial charge in [-0.3, -0.25) is 14.4 Å². The minimum Gasteiger partial charge on any atom is -0.364 e. The Hall–Kier alpha value is -3.69. The Labute approximate surface area is 204 Å². The fourth-order valence-corrected chi connectivity index (χ4v) is 5.23. The maximum absolute atomic E-state index is 13.8. The smallest absolute Gasteiger partial charge is 0.252 e. The Morgan fingerprint density at radius 3 is 2.57 bits per heavy atom. The monoisotopic (exact) mass is 475 g/mol. The minimum atomic E-state index is -0.411. The van der Waals surface area contributed by atoms with Crippen molar-refractivity contribution in [2.75, 3.05) is 18.0 Å². The summed E-state index contributed by atoms with van der Waals surface area (Å²) in [5.74, 6) is -0.411. The first kappa shape index (κ1) is 24.4. The molecule has 3 heterocycles. The zero-order chi connectivity index (χ0) is 25.3. The van der Waals surface area contributed by atoms with E-state index in [1.807, 2.05) is 0 Å². The summed E-state index contributed by atoms with van der Waals surface area (Å²) in [7, 11) is 1.72. The lowest BCUT2D eigenvalue weighted by Crippen LogP contribution is -2.58. The maximum atomic E-state index is 13.8. The number of aryl methyl sites for hydroxylation is 1. The first-order valence-electron chi connectivity index (χ1n) is 12.0. The first-order valence-corrected chi connectivity index (χ1v) is 12.0. The second kappa shape index (κ2) is 9.89. The number of benzene rings is 1. The van der Waals surface area contributed by atoms with Crippen LogP contribution in [0, 0.1) is 28.5 Å². The van der Waals surface area contributed by atoms with Crippen LogP contribution in [0.5, 0.6) is 0 Å². The van der Waals surface area contributed by atoms with Gasteiger partial charge in [0.25, 0.3) is 5.56 Å². The van der Waals surface area contributed by atoms with Crippen molar-refractivity contribution in [2.45, 2.75) is 58.3 Å². The summed E-state index contributed by atoms with van der Waals surface area (Å²) < 4.78 is 16.9. The second-order valence-corrected chi connectivity index (χ2v) is 9.14. The molecule has 0 spiro atoms. The minimum absolute atomic E-state index is 0.0649. The highest BCUT2D eigenvalue weighted by Gasteiger charge is 2.37. The van der Waals surface area contributed by atoms with Crippen LogP contribution in [0.15, 0.2) is 35.3 Å². The fourth-order valence-electron chi connectivity index (χ4n) is 5.23. The third kappa shape index (κ3) is 4.40. The van der Waals surface area contributed by atoms with Crippen LogP contribution < -0.4 is 10.5 Å². The number of nitrogens with zero attached hydrogens (tertiary/aromatic N) is 7. The lowest BCUT2D eigenvalue weighted by Gasteiger charge is -2.49. The predicted molar refractivity (Wildman–Crippen MR) is 132 cm³/mol. The molecule has 3 atom stereocenters. The normalized spacial score (nSPS) is 19.5. The second-order valence-electron chi connectivity index (χ2n) is 9.14. The van der Waals surface area contributed by atoms with Crippen LogP contribution in [0.4, 0.5) is 10.1 Å². The van der Waals surface area contributed by atoms with Gasteiger partial charge in [0, 0.05) is 44.3 Å². The molecular formula is C26H30FN7O. The van der Waals surface area contributed by atoms with Crippen LogP contribution in [0.3, 0.4) is 0 Å². The van der Waals surface area contributed by atoms with Gasteiger partial charge in [0.1, 0.15) is 17.9 Å². The Balaban J connectivity index is 1.74. The Kier molecular flexibility index (Phi) is 6.90. The molecule has 1 unspecified atom stereocenters. The van der Waals surface area contributed by atoms with Gasteiger partial charge in [-0.05, 0) is 37.5 Å². The molecule has 35 heavy (non-hydrogen) atoms. The van der Waals surface area contributed by atoms with E-state index < -0.39 is 5.82 Å². The van der Waals surface area contributed by atoms with E-state index in [9.17, 15) is 14.4 Å². The highest BCUT2D eigenvalue weighted by Crippen LogP contribution is 2.35. The van der Waals surface area contributed by atoms with Crippen molar-refractivity contribution in [1.82, 2.24) is 19.2 Å². The van der Waals surface area contributed by atoms with E-state index >= 15 is 0 Å². The van der Waals surface area contributed by atoms with Crippen LogP contribution in [-0.4, -0.2) is 44.4 Å². The van der Waals surface area contributed by atoms with Crippen molar-refractivity contribution in [2.24, 2.45) is 7.05 Å². The Morgan fingerprint density at radius 1 is 1.17 bits per heavy atom. The van der Waals surface area contributed by atoms with Gasteiger partial charge >= 0.3 is 0 Å². The highest BCUT2D eigenvalue weighted by atomic mass is 19.1. The van der Waals surface area contributed by atoms with Gasteiger partial charge in [0.15, 0.2) is 0 Å². The number of pyridine rings is 1. The van der Waals surface area contributed by atoms with Crippen molar-refractivity contribution in [1.29, 1.82) is 10.5 Å². The predicted octanol–water partition coefficient (Wildman–Crippen LogP) is 3.71. The summed E-state index contributed by atoms with van der Waals surface area (Å²) in [6, 6.07) is 10.5. The number of hydrogen-bond acceptors (Lipinski definition) is 6. The average Bonchev–Trinajstić information content (AvgIpc) is 3.29. The molecule has 0 N–H and O–H groups in total. The molecule has 1 aromatic carbocycles. The maximum Gasteiger partial charge on any atom is 0.252 e. The van der Waals surface area contributed by atoms with E-state index in [1.165, 1.54) is 12.1 Å². The number of anilines is 1. The summed E-state index contributed by atoms with van der Waals surface area (Å²) in [6.07, 6.45) is 3.47. The summed E-state index contributed by atoms with van der Waals surface area (Å²) >= 11 is 0. The molecule has 0 bridgehead atoms. The van der Waals surface area contributed by atoms with E-state index in [0.29, 0.717) is 23.1 Å². The van der Waals surface area contributed by atoms with Crippen molar-refractivity contribution in [3.05, 3.63) is 57.8 Å². The average molecular weight is 476 g/mol. The van der Waals surface area contributed by atoms with Gasteiger partial charge < -0.3 is 9.47 Å². The van der Waals surface area contributed by atoms with Gasteiger partial charge in [-0.15, -0.1) is 0 Å². The van der Waals surface area contributed by atoms with E-state index in [-0.39, 0.29) is 30.2 Å². The van der Waals surface area contributed by atoms with Gasteiger partial charge in [0.05, 0.1) is 35.1 Å². The molecule has 1 saturated heterocycles. The van der Waals surface area contributed by atoms with E-state index in [2.05, 4.69) is 47.8 Å². The van der Waals surface area contributed by atoms with E-state index in [1.54, 1.807) is 34.6 Å². The van der Waals surface area contributed by atoms with Crippen LogP contribution in [-0.2, 0) is 13.6 Å². The summed E-state index contributed by atoms with van der Waals surface area (Å²) in [6.45, 7) is 7.86. The first-order chi connectivity index (χ1) is 16.8. The number of halogens is 1. The number of nitriles is 2. The molecule has 1 aliphatic heterocycles. The van der Waals surface area contributed by atoms with Crippen molar-refractivity contribution in [3.63, 3.8) is 0 Å². The molecule has 3 aromatic rings. The SMILES string of the molecule is CC[C@H]1CN(C(C)c2ccc(F)cc2C#N)[C@H](CC)CN1c1cc(=O)n(C)c2cn(CC#N)nc12. The third-order valence-corrected chi connectivity index (χ3v) is 7.24. The lowest BCUT2D eigenvalue weighted by molar-refractivity contribution is 0.101. The standard InChI is InChI=1S/C26H30FN7O/c1-5-20-15-34(23-12-25(35)31(4)24-16-32(10-9-28)30-26(23)24)21(6-2)14-33(20)17(3)22-8-7-19(27)11-18(22)13-29/h7-8,11-12,16-17,20-21H,5-6,10,14-15H2,1-4H3/t17?,20-,21+/m1/s1. The van der Waals surface area contributed by atoms with Crippen molar-refractivity contribution in [3.8, 4) is 12.1 Å². The highest BCUT2D eigenvalue weighted by molar-refractivity contribution is 5.88. The van der Waals surface area contributed by atoms with Crippen molar-refractivity contribution >= 4 is 16.7 Å². The molecule has 0 amide bonds. The molecule has 8 nitrogen and oxygen atoms in total. The van der Waals surface area contributed by atoms with E-state index in [0.717, 1.165) is 30.6 Å². The summed E-state index contributed by atoms with van der Waals surface area (Å²) in [5.41, 5.74) is 3.26. The lowest BCUT2D eigenvalue weighted by atomic mass is 9.94. The molecule has 4 rings (SSSR count). The van der Waals surface area contributed by atoms with E-state index in [4.69, 9.17) is 5.26 Å². The number of hydrogen-bond donors (Lipinski definition) is 0. The number of piperazine rings is 1. The summed E-state index contributed by atoms with van der Waals surface area (Å²) in [5, 5.41) is 23.4. The summed E-state index contributed by atoms with van der Waals surface area (Å²) in [4.78, 5) is 17.5. The third-order valence-electron chi connectivity index (χ3n) is 7.24. The molecule has 182 valence electrons.